The zero-order valence-electron chi connectivity index (χ0n) is 15.5. The molecule has 1 atom stereocenters. The maximum atomic E-state index is 5.57. The molecule has 0 bridgehead atoms. The number of morpholine rings is 1. The molecule has 4 fully saturated rings. The van der Waals surface area contributed by atoms with Gasteiger partial charge in [-0.25, -0.2) is 0 Å². The summed E-state index contributed by atoms with van der Waals surface area (Å²) >= 11 is 2.10. The van der Waals surface area contributed by atoms with E-state index in [0.29, 0.717) is 5.41 Å². The van der Waals surface area contributed by atoms with Crippen LogP contribution in [-0.4, -0.2) is 85.8 Å². The van der Waals surface area contributed by atoms with Gasteiger partial charge in [-0.2, -0.15) is 11.8 Å². The van der Waals surface area contributed by atoms with E-state index in [0.717, 1.165) is 38.8 Å². The molecule has 1 spiro atoms. The fourth-order valence-electron chi connectivity index (χ4n) is 4.91. The second kappa shape index (κ2) is 8.52. The summed E-state index contributed by atoms with van der Waals surface area (Å²) in [5.74, 6) is 3.65. The molecule has 1 aliphatic carbocycles. The molecule has 0 radical (unpaired) electrons. The van der Waals surface area contributed by atoms with Crippen molar-refractivity contribution < 1.29 is 4.74 Å². The molecule has 0 aromatic heterocycles. The molecule has 0 aromatic carbocycles. The molecule has 144 valence electrons. The van der Waals surface area contributed by atoms with Crippen LogP contribution in [0.15, 0.2) is 4.99 Å². The summed E-state index contributed by atoms with van der Waals surface area (Å²) in [6.45, 7) is 7.34. The molecule has 4 rings (SSSR count). The molecular formula is C18H33IN4OS. The second-order valence-corrected chi connectivity index (χ2v) is 9.16. The van der Waals surface area contributed by atoms with Crippen molar-refractivity contribution >= 4 is 41.7 Å². The summed E-state index contributed by atoms with van der Waals surface area (Å²) in [6.07, 6.45) is 6.92. The van der Waals surface area contributed by atoms with Gasteiger partial charge in [-0.1, -0.05) is 6.42 Å². The first-order valence-corrected chi connectivity index (χ1v) is 10.8. The van der Waals surface area contributed by atoms with Crippen molar-refractivity contribution in [2.24, 2.45) is 10.4 Å². The Morgan fingerprint density at radius 1 is 1.16 bits per heavy atom. The average Bonchev–Trinajstić information content (AvgIpc) is 3.24. The standard InChI is InChI=1S/C18H32N4OS.HI/c1-19-16(21-7-5-17(14-21)3-2-4-17)20-13-18(6-12-24-15-18)22-8-10-23-11-9-22;/h2-15H2,1H3,(H,19,20);1H. The smallest absolute Gasteiger partial charge is 0.193 e. The van der Waals surface area contributed by atoms with Crippen LogP contribution in [0.4, 0.5) is 0 Å². The second-order valence-electron chi connectivity index (χ2n) is 8.05. The number of rotatable bonds is 3. The number of hydrogen-bond donors (Lipinski definition) is 1. The highest BCUT2D eigenvalue weighted by atomic mass is 127. The van der Waals surface area contributed by atoms with Crippen molar-refractivity contribution in [3.05, 3.63) is 0 Å². The molecule has 3 saturated heterocycles. The van der Waals surface area contributed by atoms with Crippen molar-refractivity contribution in [3.8, 4) is 0 Å². The van der Waals surface area contributed by atoms with Crippen molar-refractivity contribution in [2.75, 3.05) is 64.5 Å². The Morgan fingerprint density at radius 2 is 1.96 bits per heavy atom. The van der Waals surface area contributed by atoms with E-state index in [1.807, 2.05) is 7.05 Å². The fourth-order valence-corrected chi connectivity index (χ4v) is 6.39. The third-order valence-corrected chi connectivity index (χ3v) is 7.94. The van der Waals surface area contributed by atoms with E-state index >= 15 is 0 Å². The van der Waals surface area contributed by atoms with E-state index in [1.54, 1.807) is 0 Å². The van der Waals surface area contributed by atoms with Gasteiger partial charge in [0.1, 0.15) is 0 Å². The number of ether oxygens (including phenoxy) is 1. The van der Waals surface area contributed by atoms with E-state index < -0.39 is 0 Å². The van der Waals surface area contributed by atoms with Crippen LogP contribution in [0.1, 0.15) is 32.1 Å². The Hall–Kier alpha value is 0.270. The Kier molecular flexibility index (Phi) is 6.82. The number of thioether (sulfide) groups is 1. The van der Waals surface area contributed by atoms with Crippen LogP contribution >= 0.6 is 35.7 Å². The lowest BCUT2D eigenvalue weighted by Crippen LogP contribution is -2.60. The van der Waals surface area contributed by atoms with E-state index in [1.165, 1.54) is 56.7 Å². The van der Waals surface area contributed by atoms with Gasteiger partial charge in [0, 0.05) is 51.1 Å². The van der Waals surface area contributed by atoms with Gasteiger partial charge in [-0.3, -0.25) is 9.89 Å². The molecule has 0 aromatic rings. The van der Waals surface area contributed by atoms with Crippen LogP contribution in [0.3, 0.4) is 0 Å². The number of halogens is 1. The normalized spacial score (nSPS) is 32.5. The number of hydrogen-bond acceptors (Lipinski definition) is 4. The average molecular weight is 480 g/mol. The van der Waals surface area contributed by atoms with E-state index in [-0.39, 0.29) is 29.5 Å². The Morgan fingerprint density at radius 3 is 2.52 bits per heavy atom. The van der Waals surface area contributed by atoms with Crippen molar-refractivity contribution in [3.63, 3.8) is 0 Å². The Bertz CT molecular complexity index is 474. The number of likely N-dealkylation sites (tertiary alicyclic amines) is 1. The lowest BCUT2D eigenvalue weighted by molar-refractivity contribution is -0.0121. The minimum absolute atomic E-state index is 0. The molecule has 7 heteroatoms. The van der Waals surface area contributed by atoms with Gasteiger partial charge >= 0.3 is 0 Å². The molecule has 25 heavy (non-hydrogen) atoms. The van der Waals surface area contributed by atoms with Crippen molar-refractivity contribution in [1.82, 2.24) is 15.1 Å². The maximum Gasteiger partial charge on any atom is 0.193 e. The molecule has 5 nitrogen and oxygen atoms in total. The summed E-state index contributed by atoms with van der Waals surface area (Å²) in [5, 5.41) is 3.76. The monoisotopic (exact) mass is 480 g/mol. The van der Waals surface area contributed by atoms with Gasteiger partial charge in [0.15, 0.2) is 5.96 Å². The van der Waals surface area contributed by atoms with Gasteiger partial charge in [0.05, 0.1) is 13.2 Å². The topological polar surface area (TPSA) is 40.1 Å². The summed E-state index contributed by atoms with van der Waals surface area (Å²) in [7, 11) is 1.94. The third-order valence-electron chi connectivity index (χ3n) is 6.70. The predicted molar refractivity (Wildman–Crippen MR) is 116 cm³/mol. The van der Waals surface area contributed by atoms with Crippen LogP contribution in [0.25, 0.3) is 0 Å². The summed E-state index contributed by atoms with van der Waals surface area (Å²) < 4.78 is 5.57. The summed E-state index contributed by atoms with van der Waals surface area (Å²) in [6, 6.07) is 0. The highest BCUT2D eigenvalue weighted by Gasteiger charge is 2.44. The lowest BCUT2D eigenvalue weighted by Gasteiger charge is -2.43. The Balaban J connectivity index is 0.00000182. The SMILES string of the molecule is CN=C(NCC1(N2CCOCC2)CCSC1)N1CCC2(CCC2)C1.I. The van der Waals surface area contributed by atoms with Gasteiger partial charge < -0.3 is 15.0 Å². The molecule has 3 aliphatic heterocycles. The van der Waals surface area contributed by atoms with E-state index in [9.17, 15) is 0 Å². The quantitative estimate of drug-likeness (QED) is 0.381. The predicted octanol–water partition coefficient (Wildman–Crippen LogP) is 2.26. The summed E-state index contributed by atoms with van der Waals surface area (Å²) in [5.41, 5.74) is 0.918. The van der Waals surface area contributed by atoms with E-state index in [4.69, 9.17) is 4.74 Å². The van der Waals surface area contributed by atoms with E-state index in [2.05, 4.69) is 31.9 Å². The zero-order valence-corrected chi connectivity index (χ0v) is 18.6. The first-order valence-electron chi connectivity index (χ1n) is 9.62. The molecule has 1 N–H and O–H groups in total. The van der Waals surface area contributed by atoms with Crippen LogP contribution in [-0.2, 0) is 4.74 Å². The molecule has 1 unspecified atom stereocenters. The van der Waals surface area contributed by atoms with Crippen molar-refractivity contribution in [2.45, 2.75) is 37.6 Å². The molecule has 0 amide bonds. The molecular weight excluding hydrogens is 447 g/mol. The molecule has 1 saturated carbocycles. The largest absolute Gasteiger partial charge is 0.379 e. The van der Waals surface area contributed by atoms with Crippen LogP contribution in [0, 0.1) is 5.41 Å². The van der Waals surface area contributed by atoms with Crippen LogP contribution < -0.4 is 5.32 Å². The molecule has 3 heterocycles. The highest BCUT2D eigenvalue weighted by Crippen LogP contribution is 2.47. The minimum Gasteiger partial charge on any atom is -0.379 e. The maximum absolute atomic E-state index is 5.57. The number of nitrogens with zero attached hydrogens (tertiary/aromatic N) is 3. The van der Waals surface area contributed by atoms with Gasteiger partial charge in [-0.05, 0) is 36.9 Å². The van der Waals surface area contributed by atoms with Gasteiger partial charge in [0.25, 0.3) is 0 Å². The van der Waals surface area contributed by atoms with Crippen molar-refractivity contribution in [1.29, 1.82) is 0 Å². The highest BCUT2D eigenvalue weighted by molar-refractivity contribution is 14.0. The first kappa shape index (κ1) is 20.0. The fraction of sp³-hybridized carbons (Fsp3) is 0.944. The number of guanidine groups is 1. The number of aliphatic imine (C=N–C) groups is 1. The summed E-state index contributed by atoms with van der Waals surface area (Å²) in [4.78, 5) is 9.80. The molecule has 4 aliphatic rings. The Labute approximate surface area is 173 Å². The lowest BCUT2D eigenvalue weighted by atomic mass is 9.68. The first-order chi connectivity index (χ1) is 11.8. The van der Waals surface area contributed by atoms with Crippen LogP contribution in [0.5, 0.6) is 0 Å². The third kappa shape index (κ3) is 4.09. The van der Waals surface area contributed by atoms with Gasteiger partial charge in [0.2, 0.25) is 0 Å². The minimum atomic E-state index is 0. The van der Waals surface area contributed by atoms with Gasteiger partial charge in [-0.15, -0.1) is 24.0 Å². The van der Waals surface area contributed by atoms with Crippen LogP contribution in [0.2, 0.25) is 0 Å². The zero-order chi connectivity index (χ0) is 16.5. The number of nitrogens with one attached hydrogen (secondary N) is 1.